The standard InChI is InChI=1S/C14H15N3O4/c18-12(10-9-17-6-2-1-3-11(17)15-10)16-14(13(19)20)4-7-21-8-5-14/h1-3,6,9H,4-5,7-8H2,(H,16,18)(H,19,20). The molecular weight excluding hydrogens is 274 g/mol. The Morgan fingerprint density at radius 1 is 1.33 bits per heavy atom. The Kier molecular flexibility index (Phi) is 3.34. The van der Waals surface area contributed by atoms with Crippen LogP contribution >= 0.6 is 0 Å². The molecular formula is C14H15N3O4. The molecule has 2 aromatic heterocycles. The number of hydrogen-bond donors (Lipinski definition) is 2. The minimum atomic E-state index is -1.27. The first-order chi connectivity index (χ1) is 10.1. The number of imidazole rings is 1. The summed E-state index contributed by atoms with van der Waals surface area (Å²) in [4.78, 5) is 28.0. The van der Waals surface area contributed by atoms with Crippen molar-refractivity contribution in [2.24, 2.45) is 0 Å². The van der Waals surface area contributed by atoms with Crippen LogP contribution in [0.2, 0.25) is 0 Å². The van der Waals surface area contributed by atoms with Crippen LogP contribution in [0.25, 0.3) is 5.65 Å². The van der Waals surface area contributed by atoms with Crippen LogP contribution in [0.1, 0.15) is 23.3 Å². The third-order valence-electron chi connectivity index (χ3n) is 3.71. The largest absolute Gasteiger partial charge is 0.480 e. The number of carboxylic acids is 1. The van der Waals surface area contributed by atoms with Crippen molar-refractivity contribution in [1.29, 1.82) is 0 Å². The van der Waals surface area contributed by atoms with E-state index >= 15 is 0 Å². The lowest BCUT2D eigenvalue weighted by atomic mass is 9.90. The summed E-state index contributed by atoms with van der Waals surface area (Å²) in [6, 6.07) is 5.42. The summed E-state index contributed by atoms with van der Waals surface area (Å²) >= 11 is 0. The number of amides is 1. The summed E-state index contributed by atoms with van der Waals surface area (Å²) in [6.07, 6.45) is 3.86. The number of carboxylic acid groups (broad SMARTS) is 1. The summed E-state index contributed by atoms with van der Waals surface area (Å²) in [6.45, 7) is 0.634. The van der Waals surface area contributed by atoms with Crippen LogP contribution in [0, 0.1) is 0 Å². The molecule has 7 nitrogen and oxygen atoms in total. The number of ether oxygens (including phenoxy) is 1. The van der Waals surface area contributed by atoms with Crippen molar-refractivity contribution in [3.63, 3.8) is 0 Å². The minimum Gasteiger partial charge on any atom is -0.480 e. The maximum Gasteiger partial charge on any atom is 0.329 e. The summed E-state index contributed by atoms with van der Waals surface area (Å²) in [7, 11) is 0. The van der Waals surface area contributed by atoms with E-state index in [1.54, 1.807) is 22.9 Å². The lowest BCUT2D eigenvalue weighted by molar-refractivity contribution is -0.148. The molecule has 0 bridgehead atoms. The van der Waals surface area contributed by atoms with Gasteiger partial charge in [-0.1, -0.05) is 6.07 Å². The van der Waals surface area contributed by atoms with Gasteiger partial charge in [0.15, 0.2) is 0 Å². The van der Waals surface area contributed by atoms with Crippen molar-refractivity contribution in [1.82, 2.24) is 14.7 Å². The first-order valence-corrected chi connectivity index (χ1v) is 6.68. The van der Waals surface area contributed by atoms with E-state index in [1.165, 1.54) is 0 Å². The molecule has 0 spiro atoms. The Morgan fingerprint density at radius 2 is 2.10 bits per heavy atom. The average molecular weight is 289 g/mol. The van der Waals surface area contributed by atoms with E-state index in [-0.39, 0.29) is 18.5 Å². The van der Waals surface area contributed by atoms with Gasteiger partial charge in [0.1, 0.15) is 16.9 Å². The van der Waals surface area contributed by atoms with Crippen molar-refractivity contribution in [3.05, 3.63) is 36.3 Å². The molecule has 0 radical (unpaired) electrons. The lowest BCUT2D eigenvalue weighted by Crippen LogP contribution is -2.57. The highest BCUT2D eigenvalue weighted by atomic mass is 16.5. The zero-order valence-electron chi connectivity index (χ0n) is 11.3. The van der Waals surface area contributed by atoms with E-state index in [4.69, 9.17) is 4.74 Å². The summed E-state index contributed by atoms with van der Waals surface area (Å²) < 4.78 is 6.89. The number of nitrogens with zero attached hydrogens (tertiary/aromatic N) is 2. The average Bonchev–Trinajstić information content (AvgIpc) is 2.92. The summed E-state index contributed by atoms with van der Waals surface area (Å²) in [5.41, 5.74) is -0.433. The fraction of sp³-hybridized carbons (Fsp3) is 0.357. The van der Waals surface area contributed by atoms with Gasteiger partial charge in [-0.3, -0.25) is 4.79 Å². The molecule has 2 N–H and O–H groups in total. The van der Waals surface area contributed by atoms with Crippen molar-refractivity contribution in [2.75, 3.05) is 13.2 Å². The van der Waals surface area contributed by atoms with Gasteiger partial charge in [-0.2, -0.15) is 0 Å². The van der Waals surface area contributed by atoms with E-state index in [1.807, 2.05) is 12.1 Å². The van der Waals surface area contributed by atoms with Gasteiger partial charge in [-0.15, -0.1) is 0 Å². The first kappa shape index (κ1) is 13.6. The molecule has 1 aliphatic heterocycles. The normalized spacial score (nSPS) is 17.5. The van der Waals surface area contributed by atoms with Crippen molar-refractivity contribution in [3.8, 4) is 0 Å². The zero-order valence-corrected chi connectivity index (χ0v) is 11.3. The Bertz CT molecular complexity index is 655. The minimum absolute atomic E-state index is 0.202. The summed E-state index contributed by atoms with van der Waals surface area (Å²) in [5.74, 6) is -1.52. The van der Waals surface area contributed by atoms with Crippen molar-refractivity contribution >= 4 is 17.5 Å². The maximum atomic E-state index is 12.3. The topological polar surface area (TPSA) is 92.9 Å². The first-order valence-electron chi connectivity index (χ1n) is 6.68. The third kappa shape index (κ3) is 2.47. The van der Waals surface area contributed by atoms with Crippen LogP contribution in [-0.2, 0) is 9.53 Å². The van der Waals surface area contributed by atoms with E-state index in [9.17, 15) is 14.7 Å². The SMILES string of the molecule is O=C(NC1(C(=O)O)CCOCC1)c1cn2ccccc2n1. The van der Waals surface area contributed by atoms with Gasteiger partial charge >= 0.3 is 5.97 Å². The Morgan fingerprint density at radius 3 is 2.76 bits per heavy atom. The quantitative estimate of drug-likeness (QED) is 0.867. The molecule has 2 aromatic rings. The van der Waals surface area contributed by atoms with Gasteiger partial charge in [0.25, 0.3) is 5.91 Å². The smallest absolute Gasteiger partial charge is 0.329 e. The van der Waals surface area contributed by atoms with Crippen LogP contribution in [-0.4, -0.2) is 45.1 Å². The molecule has 1 aliphatic rings. The van der Waals surface area contributed by atoms with E-state index in [2.05, 4.69) is 10.3 Å². The number of pyridine rings is 1. The molecule has 3 rings (SSSR count). The molecule has 0 atom stereocenters. The van der Waals surface area contributed by atoms with E-state index in [0.29, 0.717) is 18.9 Å². The Hall–Kier alpha value is -2.41. The molecule has 7 heteroatoms. The van der Waals surface area contributed by atoms with Crippen LogP contribution in [0.3, 0.4) is 0 Å². The second-order valence-corrected chi connectivity index (χ2v) is 5.05. The Labute approximate surface area is 120 Å². The van der Waals surface area contributed by atoms with Crippen LogP contribution in [0.4, 0.5) is 0 Å². The molecule has 0 aromatic carbocycles. The second kappa shape index (κ2) is 5.17. The highest BCUT2D eigenvalue weighted by molar-refractivity contribution is 5.96. The van der Waals surface area contributed by atoms with E-state index in [0.717, 1.165) is 0 Å². The monoisotopic (exact) mass is 289 g/mol. The van der Waals surface area contributed by atoms with Crippen LogP contribution in [0.5, 0.6) is 0 Å². The number of aliphatic carboxylic acids is 1. The predicted molar refractivity (Wildman–Crippen MR) is 73.1 cm³/mol. The molecule has 1 amide bonds. The number of rotatable bonds is 3. The molecule has 110 valence electrons. The molecule has 0 saturated carbocycles. The van der Waals surface area contributed by atoms with E-state index < -0.39 is 17.4 Å². The zero-order chi connectivity index (χ0) is 14.9. The van der Waals surface area contributed by atoms with Crippen LogP contribution in [0.15, 0.2) is 30.6 Å². The fourth-order valence-corrected chi connectivity index (χ4v) is 2.44. The van der Waals surface area contributed by atoms with Gasteiger partial charge in [-0.05, 0) is 12.1 Å². The summed E-state index contributed by atoms with van der Waals surface area (Å²) in [5, 5.41) is 12.0. The number of fused-ring (bicyclic) bond motifs is 1. The van der Waals surface area contributed by atoms with Gasteiger partial charge in [-0.25, -0.2) is 9.78 Å². The predicted octanol–water partition coefficient (Wildman–Crippen LogP) is 0.698. The molecule has 21 heavy (non-hydrogen) atoms. The van der Waals surface area contributed by atoms with Gasteiger partial charge in [0.05, 0.1) is 0 Å². The highest BCUT2D eigenvalue weighted by Crippen LogP contribution is 2.21. The molecule has 0 unspecified atom stereocenters. The fourth-order valence-electron chi connectivity index (χ4n) is 2.44. The van der Waals surface area contributed by atoms with Crippen LogP contribution < -0.4 is 5.32 Å². The number of aromatic nitrogens is 2. The molecule has 1 saturated heterocycles. The molecule has 0 aliphatic carbocycles. The maximum absolute atomic E-state index is 12.3. The third-order valence-corrected chi connectivity index (χ3v) is 3.71. The number of nitrogens with one attached hydrogen (secondary N) is 1. The van der Waals surface area contributed by atoms with Crippen molar-refractivity contribution < 1.29 is 19.4 Å². The molecule has 1 fully saturated rings. The second-order valence-electron chi connectivity index (χ2n) is 5.05. The van der Waals surface area contributed by atoms with Crippen molar-refractivity contribution in [2.45, 2.75) is 18.4 Å². The Balaban J connectivity index is 1.85. The number of carbonyl (C=O) groups excluding carboxylic acids is 1. The molecule has 3 heterocycles. The van der Waals surface area contributed by atoms with Gasteiger partial charge in [0.2, 0.25) is 0 Å². The number of carbonyl (C=O) groups is 2. The lowest BCUT2D eigenvalue weighted by Gasteiger charge is -2.33. The van der Waals surface area contributed by atoms with Gasteiger partial charge in [0, 0.05) is 38.4 Å². The van der Waals surface area contributed by atoms with Gasteiger partial charge < -0.3 is 19.6 Å². The highest BCUT2D eigenvalue weighted by Gasteiger charge is 2.42. The number of hydrogen-bond acceptors (Lipinski definition) is 4.